The van der Waals surface area contributed by atoms with Gasteiger partial charge < -0.3 is 0 Å². The highest BCUT2D eigenvalue weighted by Crippen LogP contribution is 2.35. The number of aromatic nitrogens is 1. The van der Waals surface area contributed by atoms with Crippen molar-refractivity contribution in [2.75, 3.05) is 0 Å². The first-order chi connectivity index (χ1) is 12.1. The third kappa shape index (κ3) is 2.99. The summed E-state index contributed by atoms with van der Waals surface area (Å²) in [6, 6.07) is 6.09. The van der Waals surface area contributed by atoms with Gasteiger partial charge in [-0.05, 0) is 42.8 Å². The van der Waals surface area contributed by atoms with Crippen LogP contribution in [0.4, 0.5) is 13.2 Å². The van der Waals surface area contributed by atoms with Crippen molar-refractivity contribution in [1.82, 2.24) is 4.57 Å². The molecule has 3 nitrogen and oxygen atoms in total. The van der Waals surface area contributed by atoms with Crippen molar-refractivity contribution >= 4 is 46.3 Å². The molecule has 0 amide bonds. The van der Waals surface area contributed by atoms with Crippen LogP contribution in [-0.2, 0) is 6.18 Å². The third-order valence-electron chi connectivity index (χ3n) is 3.98. The molecule has 1 heterocycles. The highest BCUT2D eigenvalue weighted by Gasteiger charge is 2.31. The Balaban J connectivity index is 2.22. The fourth-order valence-corrected chi connectivity index (χ4v) is 3.38. The van der Waals surface area contributed by atoms with Crippen LogP contribution in [-0.4, -0.2) is 16.8 Å². The fraction of sp³-hybridized carbons (Fsp3) is 0.111. The number of alkyl halides is 3. The summed E-state index contributed by atoms with van der Waals surface area (Å²) < 4.78 is 40.1. The molecule has 3 rings (SSSR count). The van der Waals surface area contributed by atoms with E-state index in [0.717, 1.165) is 12.1 Å². The summed E-state index contributed by atoms with van der Waals surface area (Å²) in [7, 11) is 0. The second kappa shape index (κ2) is 6.45. The second-order valence-electron chi connectivity index (χ2n) is 5.66. The van der Waals surface area contributed by atoms with Gasteiger partial charge in [0, 0.05) is 17.1 Å². The Morgan fingerprint density at radius 2 is 1.85 bits per heavy atom. The zero-order chi connectivity index (χ0) is 19.2. The van der Waals surface area contributed by atoms with E-state index in [-0.39, 0.29) is 32.1 Å². The third-order valence-corrected chi connectivity index (χ3v) is 4.70. The molecule has 0 aliphatic rings. The van der Waals surface area contributed by atoms with Crippen LogP contribution in [0.3, 0.4) is 0 Å². The molecule has 3 aromatic rings. The standard InChI is InChI=1S/C18H10Cl2F3NO2/c1-9-6-12(18(21,22)23)7-10-4-5-24(16(9)10)17(26)14-13(19)3-2-11(8-25)15(14)20/h2-8H,1H3. The molecule has 0 aliphatic heterocycles. The first-order valence-corrected chi connectivity index (χ1v) is 8.07. The molecule has 0 saturated carbocycles. The molecule has 0 aliphatic carbocycles. The second-order valence-corrected chi connectivity index (χ2v) is 6.45. The predicted molar refractivity (Wildman–Crippen MR) is 93.3 cm³/mol. The van der Waals surface area contributed by atoms with Crippen LogP contribution in [0.15, 0.2) is 36.5 Å². The molecule has 0 unspecified atom stereocenters. The summed E-state index contributed by atoms with van der Waals surface area (Å²) >= 11 is 12.2. The topological polar surface area (TPSA) is 39.1 Å². The lowest BCUT2D eigenvalue weighted by Crippen LogP contribution is -2.14. The first-order valence-electron chi connectivity index (χ1n) is 7.32. The quantitative estimate of drug-likeness (QED) is 0.512. The van der Waals surface area contributed by atoms with Gasteiger partial charge in [0.05, 0.1) is 26.7 Å². The van der Waals surface area contributed by atoms with Crippen LogP contribution in [0.5, 0.6) is 0 Å². The molecule has 134 valence electrons. The average molecular weight is 400 g/mol. The number of aldehydes is 1. The number of rotatable bonds is 2. The van der Waals surface area contributed by atoms with Crippen LogP contribution in [0.1, 0.15) is 31.8 Å². The summed E-state index contributed by atoms with van der Waals surface area (Å²) in [5.41, 5.74) is -0.216. The zero-order valence-corrected chi connectivity index (χ0v) is 14.7. The number of hydrogen-bond acceptors (Lipinski definition) is 2. The van der Waals surface area contributed by atoms with E-state index in [1.165, 1.54) is 35.9 Å². The number of benzene rings is 2. The molecule has 2 aromatic carbocycles. The van der Waals surface area contributed by atoms with Gasteiger partial charge in [-0.3, -0.25) is 14.2 Å². The van der Waals surface area contributed by atoms with E-state index in [4.69, 9.17) is 23.2 Å². The van der Waals surface area contributed by atoms with Gasteiger partial charge in [-0.15, -0.1) is 0 Å². The fourth-order valence-electron chi connectivity index (χ4n) is 2.80. The minimum Gasteiger partial charge on any atom is -0.298 e. The molecule has 0 spiro atoms. The van der Waals surface area contributed by atoms with E-state index in [0.29, 0.717) is 11.8 Å². The molecule has 26 heavy (non-hydrogen) atoms. The monoisotopic (exact) mass is 399 g/mol. The lowest BCUT2D eigenvalue weighted by molar-refractivity contribution is -0.137. The SMILES string of the molecule is Cc1cc(C(F)(F)F)cc2ccn(C(=O)c3c(Cl)ccc(C=O)c3Cl)c12. The minimum atomic E-state index is -4.49. The van der Waals surface area contributed by atoms with Crippen molar-refractivity contribution in [1.29, 1.82) is 0 Å². The Bertz CT molecular complexity index is 1050. The van der Waals surface area contributed by atoms with Crippen molar-refractivity contribution < 1.29 is 22.8 Å². The first kappa shape index (κ1) is 18.5. The largest absolute Gasteiger partial charge is 0.416 e. The molecule has 0 saturated heterocycles. The van der Waals surface area contributed by atoms with Gasteiger partial charge >= 0.3 is 6.18 Å². The average Bonchev–Trinajstić information content (AvgIpc) is 2.98. The summed E-state index contributed by atoms with van der Waals surface area (Å²) in [4.78, 5) is 24.0. The number of carbonyl (C=O) groups is 2. The normalized spacial score (nSPS) is 11.8. The highest BCUT2D eigenvalue weighted by molar-refractivity contribution is 6.41. The van der Waals surface area contributed by atoms with Crippen molar-refractivity contribution in [2.24, 2.45) is 0 Å². The molecule has 0 bridgehead atoms. The van der Waals surface area contributed by atoms with Crippen molar-refractivity contribution in [3.8, 4) is 0 Å². The molecular weight excluding hydrogens is 390 g/mol. The summed E-state index contributed by atoms with van der Waals surface area (Å²) in [6.07, 6.45) is -2.65. The number of hydrogen-bond donors (Lipinski definition) is 0. The lowest BCUT2D eigenvalue weighted by Gasteiger charge is -2.12. The Hall–Kier alpha value is -2.31. The lowest BCUT2D eigenvalue weighted by atomic mass is 10.1. The maximum absolute atomic E-state index is 13.0. The van der Waals surface area contributed by atoms with Gasteiger partial charge in [0.1, 0.15) is 0 Å². The Labute approximate surface area is 155 Å². The molecule has 8 heteroatoms. The van der Waals surface area contributed by atoms with Crippen molar-refractivity contribution in [3.05, 3.63) is 68.8 Å². The van der Waals surface area contributed by atoms with Crippen LogP contribution in [0.2, 0.25) is 10.0 Å². The van der Waals surface area contributed by atoms with Crippen LogP contribution < -0.4 is 0 Å². The maximum atomic E-state index is 13.0. The Morgan fingerprint density at radius 3 is 2.46 bits per heavy atom. The highest BCUT2D eigenvalue weighted by atomic mass is 35.5. The van der Waals surface area contributed by atoms with E-state index >= 15 is 0 Å². The van der Waals surface area contributed by atoms with Gasteiger partial charge in [0.2, 0.25) is 0 Å². The molecule has 0 atom stereocenters. The molecule has 0 radical (unpaired) electrons. The number of carbonyl (C=O) groups excluding carboxylic acids is 2. The zero-order valence-electron chi connectivity index (χ0n) is 13.2. The van der Waals surface area contributed by atoms with E-state index in [1.807, 2.05) is 0 Å². The van der Waals surface area contributed by atoms with Crippen LogP contribution in [0, 0.1) is 6.92 Å². The van der Waals surface area contributed by atoms with E-state index in [9.17, 15) is 22.8 Å². The van der Waals surface area contributed by atoms with Gasteiger partial charge in [0.25, 0.3) is 5.91 Å². The molecule has 0 fully saturated rings. The van der Waals surface area contributed by atoms with Gasteiger partial charge in [-0.25, -0.2) is 0 Å². The number of aryl methyl sites for hydroxylation is 1. The summed E-state index contributed by atoms with van der Waals surface area (Å²) in [5.74, 6) is -0.637. The summed E-state index contributed by atoms with van der Waals surface area (Å²) in [6.45, 7) is 1.48. The van der Waals surface area contributed by atoms with Gasteiger partial charge in [-0.2, -0.15) is 13.2 Å². The van der Waals surface area contributed by atoms with Crippen molar-refractivity contribution in [2.45, 2.75) is 13.1 Å². The predicted octanol–water partition coefficient (Wildman–Crippen LogP) is 5.78. The maximum Gasteiger partial charge on any atom is 0.416 e. The van der Waals surface area contributed by atoms with Gasteiger partial charge in [-0.1, -0.05) is 23.2 Å². The van der Waals surface area contributed by atoms with Crippen LogP contribution >= 0.6 is 23.2 Å². The molecule has 1 aromatic heterocycles. The van der Waals surface area contributed by atoms with Gasteiger partial charge in [0.15, 0.2) is 6.29 Å². The molecular formula is C18H10Cl2F3NO2. The number of nitrogens with zero attached hydrogens (tertiary/aromatic N) is 1. The van der Waals surface area contributed by atoms with E-state index in [2.05, 4.69) is 0 Å². The summed E-state index contributed by atoms with van der Waals surface area (Å²) in [5, 5.41) is 0.186. The van der Waals surface area contributed by atoms with E-state index in [1.54, 1.807) is 0 Å². The van der Waals surface area contributed by atoms with Crippen LogP contribution in [0.25, 0.3) is 10.9 Å². The smallest absolute Gasteiger partial charge is 0.298 e. The minimum absolute atomic E-state index is 0.0389. The Morgan fingerprint density at radius 1 is 1.15 bits per heavy atom. The number of halogens is 5. The van der Waals surface area contributed by atoms with Crippen molar-refractivity contribution in [3.63, 3.8) is 0 Å². The Kier molecular flexibility index (Phi) is 4.58. The molecule has 0 N–H and O–H groups in total. The number of fused-ring (bicyclic) bond motifs is 1. The van der Waals surface area contributed by atoms with E-state index < -0.39 is 17.6 Å².